The minimum absolute atomic E-state index is 0.000921. The Bertz CT molecular complexity index is 847. The fraction of sp³-hybridized carbons (Fsp3) is 0.235. The third-order valence-corrected chi connectivity index (χ3v) is 4.37. The van der Waals surface area contributed by atoms with Crippen LogP contribution in [-0.2, 0) is 21.1 Å². The van der Waals surface area contributed by atoms with Crippen molar-refractivity contribution in [2.45, 2.75) is 19.8 Å². The van der Waals surface area contributed by atoms with Crippen LogP contribution < -0.4 is 10.6 Å². The Morgan fingerprint density at radius 3 is 2.42 bits per heavy atom. The summed E-state index contributed by atoms with van der Waals surface area (Å²) in [4.78, 5) is 23.6. The first kappa shape index (κ1) is 19.1. The zero-order valence-electron chi connectivity index (χ0n) is 14.1. The highest BCUT2D eigenvalue weighted by atomic mass is 32.1. The summed E-state index contributed by atoms with van der Waals surface area (Å²) in [5.41, 5.74) is 2.04. The molecule has 0 fully saturated rings. The van der Waals surface area contributed by atoms with E-state index in [9.17, 15) is 19.8 Å². The predicted octanol–water partition coefficient (Wildman–Crippen LogP) is 2.21. The molecule has 0 saturated carbocycles. The molecule has 2 rings (SSSR count). The van der Waals surface area contributed by atoms with Crippen molar-refractivity contribution in [3.8, 4) is 6.19 Å². The van der Waals surface area contributed by atoms with E-state index in [0.29, 0.717) is 28.5 Å². The Morgan fingerprint density at radius 2 is 1.88 bits per heavy atom. The molecular weight excluding hydrogens is 356 g/mol. The minimum atomic E-state index is -1.17. The second-order valence-electron chi connectivity index (χ2n) is 5.51. The van der Waals surface area contributed by atoms with E-state index >= 15 is 0 Å². The lowest BCUT2D eigenvalue weighted by molar-refractivity contribution is -0.133. The third kappa shape index (κ3) is 4.04. The van der Waals surface area contributed by atoms with Gasteiger partial charge in [0.1, 0.15) is 0 Å². The second-order valence-corrected chi connectivity index (χ2v) is 6.24. The van der Waals surface area contributed by atoms with Gasteiger partial charge in [0.05, 0.1) is 21.4 Å². The fourth-order valence-electron chi connectivity index (χ4n) is 2.90. The monoisotopic (exact) mass is 373 g/mol. The lowest BCUT2D eigenvalue weighted by Crippen LogP contribution is -2.31. The summed E-state index contributed by atoms with van der Waals surface area (Å²) in [7, 11) is 0. The average Bonchev–Trinajstić information content (AvgIpc) is 2.57. The van der Waals surface area contributed by atoms with Crippen molar-refractivity contribution >= 4 is 29.2 Å². The van der Waals surface area contributed by atoms with Crippen molar-refractivity contribution < 1.29 is 19.8 Å². The van der Waals surface area contributed by atoms with Gasteiger partial charge in [0, 0.05) is 17.1 Å². The van der Waals surface area contributed by atoms with Gasteiger partial charge in [-0.05, 0) is 31.5 Å². The van der Waals surface area contributed by atoms with Gasteiger partial charge in [0.15, 0.2) is 0 Å². The van der Waals surface area contributed by atoms with Crippen LogP contribution in [-0.4, -0.2) is 28.0 Å². The Hall–Kier alpha value is -3.25. The van der Waals surface area contributed by atoms with Crippen LogP contribution in [0, 0.1) is 11.5 Å². The maximum atomic E-state index is 11.8. The van der Waals surface area contributed by atoms with Crippen LogP contribution in [0.3, 0.4) is 0 Å². The van der Waals surface area contributed by atoms with Gasteiger partial charge in [0.25, 0.3) is 12.1 Å². The number of hydrogen-bond donors (Lipinski definition) is 4. The normalized spacial score (nSPS) is 15.0. The van der Waals surface area contributed by atoms with E-state index in [1.54, 1.807) is 44.3 Å². The minimum Gasteiger partial charge on any atom is -0.478 e. The molecule has 1 aromatic carbocycles. The quantitative estimate of drug-likeness (QED) is 0.341. The highest BCUT2D eigenvalue weighted by Gasteiger charge is 2.36. The van der Waals surface area contributed by atoms with E-state index in [2.05, 4.69) is 15.0 Å². The topological polar surface area (TPSA) is 135 Å². The number of aliphatic carboxylic acids is 2. The Balaban J connectivity index is 2.49. The number of carboxylic acids is 2. The number of nitrogens with zero attached hydrogens (tertiary/aromatic N) is 2. The standard InChI is InChI=1S/C17H16N4O4S/c1-9-13(16(22)23)15(14(17(24)25)10(2)21-9)11-4-3-5-12(6-11)19-8-26-20-7-18/h3-6,15,19,21H,8H2,1-2H3,(H-,22,23,24,25)/p+1. The summed E-state index contributed by atoms with van der Waals surface area (Å²) in [6, 6.07) is 6.89. The van der Waals surface area contributed by atoms with Gasteiger partial charge in [-0.3, -0.25) is 0 Å². The van der Waals surface area contributed by atoms with Crippen LogP contribution in [0.25, 0.3) is 0 Å². The first-order valence-corrected chi connectivity index (χ1v) is 8.51. The molecule has 4 N–H and O–H groups in total. The van der Waals surface area contributed by atoms with Crippen molar-refractivity contribution in [1.82, 2.24) is 5.32 Å². The summed E-state index contributed by atoms with van der Waals surface area (Å²) in [6.07, 6.45) is 1.66. The van der Waals surface area contributed by atoms with Crippen molar-refractivity contribution in [3.63, 3.8) is 0 Å². The number of anilines is 1. The summed E-state index contributed by atoms with van der Waals surface area (Å²) in [6.45, 7) is 3.22. The molecule has 0 aliphatic carbocycles. The Labute approximate surface area is 154 Å². The zero-order chi connectivity index (χ0) is 19.3. The van der Waals surface area contributed by atoms with E-state index in [0.717, 1.165) is 11.6 Å². The highest BCUT2D eigenvalue weighted by molar-refractivity contribution is 7.68. The van der Waals surface area contributed by atoms with Gasteiger partial charge in [-0.15, -0.1) is 0 Å². The molecule has 1 aliphatic rings. The van der Waals surface area contributed by atoms with Crippen LogP contribution in [0.1, 0.15) is 25.3 Å². The molecule has 0 spiro atoms. The van der Waals surface area contributed by atoms with Gasteiger partial charge in [-0.1, -0.05) is 12.1 Å². The highest BCUT2D eigenvalue weighted by Crippen LogP contribution is 2.38. The molecule has 0 amide bonds. The average molecular weight is 373 g/mol. The number of carbonyl (C=O) groups is 2. The molecule has 0 atom stereocenters. The van der Waals surface area contributed by atoms with Gasteiger partial charge >= 0.3 is 23.5 Å². The summed E-state index contributed by atoms with van der Waals surface area (Å²) < 4.78 is 3.47. The number of benzene rings is 1. The summed E-state index contributed by atoms with van der Waals surface area (Å²) >= 11 is 1.04. The van der Waals surface area contributed by atoms with Crippen molar-refractivity contribution in [2.75, 3.05) is 11.2 Å². The maximum absolute atomic E-state index is 11.8. The molecule has 0 unspecified atom stereocenters. The van der Waals surface area contributed by atoms with Crippen LogP contribution >= 0.6 is 0 Å². The molecular formula is C17H17N4O4S+. The molecule has 1 aromatic rings. The largest absolute Gasteiger partial charge is 0.478 e. The Kier molecular flexibility index (Phi) is 6.03. The van der Waals surface area contributed by atoms with Crippen LogP contribution in [0.2, 0.25) is 0 Å². The number of hydrogen-bond acceptors (Lipinski definition) is 6. The number of nitrogens with one attached hydrogen (secondary N) is 2. The molecule has 0 radical (unpaired) electrons. The summed E-state index contributed by atoms with van der Waals surface area (Å²) in [5, 5.41) is 33.5. The van der Waals surface area contributed by atoms with E-state index < -0.39 is 17.9 Å². The molecule has 1 heterocycles. The number of nitriles is 1. The molecule has 26 heavy (non-hydrogen) atoms. The van der Waals surface area contributed by atoms with Crippen molar-refractivity contribution in [1.29, 1.82) is 5.26 Å². The number of dihydropyridines is 1. The fourth-order valence-corrected chi connectivity index (χ4v) is 3.25. The van der Waals surface area contributed by atoms with Crippen LogP contribution in [0.5, 0.6) is 0 Å². The molecule has 1 aliphatic heterocycles. The number of allylic oxidation sites excluding steroid dienone is 2. The lowest BCUT2D eigenvalue weighted by atomic mass is 9.80. The maximum Gasteiger partial charge on any atom is 0.351 e. The SMILES string of the molecule is CC1=C(C(=O)O)C(c2cccc(NC[S+]=NC#N)c2)C(C(=O)O)=C(C)N1. The van der Waals surface area contributed by atoms with Gasteiger partial charge < -0.3 is 20.8 Å². The zero-order valence-corrected chi connectivity index (χ0v) is 14.9. The molecule has 0 aromatic heterocycles. The molecule has 8 nitrogen and oxygen atoms in total. The molecule has 134 valence electrons. The Morgan fingerprint density at radius 1 is 1.27 bits per heavy atom. The van der Waals surface area contributed by atoms with E-state index in [4.69, 9.17) is 5.26 Å². The summed E-state index contributed by atoms with van der Waals surface area (Å²) in [5.74, 6) is -2.89. The second kappa shape index (κ2) is 8.22. The first-order chi connectivity index (χ1) is 12.4. The third-order valence-electron chi connectivity index (χ3n) is 3.89. The lowest BCUT2D eigenvalue weighted by Gasteiger charge is -2.28. The number of rotatable bonds is 6. The van der Waals surface area contributed by atoms with Gasteiger partial charge in [-0.2, -0.15) is 5.26 Å². The first-order valence-electron chi connectivity index (χ1n) is 7.56. The van der Waals surface area contributed by atoms with Gasteiger partial charge in [0.2, 0.25) is 0 Å². The van der Waals surface area contributed by atoms with Crippen molar-refractivity contribution in [3.05, 3.63) is 52.4 Å². The smallest absolute Gasteiger partial charge is 0.351 e. The predicted molar refractivity (Wildman–Crippen MR) is 96.9 cm³/mol. The molecule has 0 saturated heterocycles. The molecule has 0 bridgehead atoms. The van der Waals surface area contributed by atoms with Crippen molar-refractivity contribution in [2.24, 2.45) is 4.36 Å². The van der Waals surface area contributed by atoms with E-state index in [-0.39, 0.29) is 11.1 Å². The van der Waals surface area contributed by atoms with E-state index in [1.807, 2.05) is 0 Å². The van der Waals surface area contributed by atoms with Crippen LogP contribution in [0.15, 0.2) is 51.2 Å². The van der Waals surface area contributed by atoms with Gasteiger partial charge in [-0.25, -0.2) is 9.59 Å². The van der Waals surface area contributed by atoms with E-state index in [1.165, 1.54) is 0 Å². The number of carboxylic acid groups (broad SMARTS) is 2. The van der Waals surface area contributed by atoms with Crippen LogP contribution in [0.4, 0.5) is 5.69 Å². The molecule has 9 heteroatoms.